The lowest BCUT2D eigenvalue weighted by Gasteiger charge is -2.32. The van der Waals surface area contributed by atoms with Crippen molar-refractivity contribution in [2.45, 2.75) is 25.0 Å². The number of nitrogens with one attached hydrogen (secondary N) is 2. The predicted molar refractivity (Wildman–Crippen MR) is 85.6 cm³/mol. The first-order valence-corrected chi connectivity index (χ1v) is 8.22. The third-order valence-electron chi connectivity index (χ3n) is 3.83. The Kier molecular flexibility index (Phi) is 4.29. The van der Waals surface area contributed by atoms with Crippen molar-refractivity contribution in [1.29, 1.82) is 0 Å². The molecule has 1 aromatic heterocycles. The summed E-state index contributed by atoms with van der Waals surface area (Å²) in [5, 5.41) is 21.2. The van der Waals surface area contributed by atoms with E-state index in [4.69, 9.17) is 11.6 Å². The fourth-order valence-electron chi connectivity index (χ4n) is 2.72. The van der Waals surface area contributed by atoms with Gasteiger partial charge in [-0.25, -0.2) is 0 Å². The van der Waals surface area contributed by atoms with Crippen LogP contribution in [-0.2, 0) is 6.54 Å². The van der Waals surface area contributed by atoms with Crippen molar-refractivity contribution in [3.63, 3.8) is 0 Å². The van der Waals surface area contributed by atoms with Crippen LogP contribution in [0.4, 0.5) is 0 Å². The van der Waals surface area contributed by atoms with E-state index >= 15 is 0 Å². The van der Waals surface area contributed by atoms with E-state index in [0.29, 0.717) is 13.1 Å². The van der Waals surface area contributed by atoms with Crippen molar-refractivity contribution in [3.05, 3.63) is 34.2 Å². The molecule has 2 heterocycles. The molecule has 0 bridgehead atoms. The van der Waals surface area contributed by atoms with Gasteiger partial charge in [-0.05, 0) is 53.9 Å². The van der Waals surface area contributed by atoms with Crippen LogP contribution < -0.4 is 10.6 Å². The summed E-state index contributed by atoms with van der Waals surface area (Å²) in [7, 11) is 0. The second kappa shape index (κ2) is 6.00. The van der Waals surface area contributed by atoms with Gasteiger partial charge in [0.25, 0.3) is 0 Å². The second-order valence-electron chi connectivity index (χ2n) is 5.51. The van der Waals surface area contributed by atoms with Gasteiger partial charge in [0, 0.05) is 29.4 Å². The molecule has 2 aromatic rings. The van der Waals surface area contributed by atoms with Crippen molar-refractivity contribution >= 4 is 33.0 Å². The Morgan fingerprint density at radius 1 is 1.45 bits per heavy atom. The molecule has 1 saturated heterocycles. The van der Waals surface area contributed by atoms with Crippen molar-refractivity contribution in [1.82, 2.24) is 10.6 Å². The van der Waals surface area contributed by atoms with Gasteiger partial charge in [0.15, 0.2) is 0 Å². The van der Waals surface area contributed by atoms with Crippen LogP contribution in [0.2, 0.25) is 5.02 Å². The summed E-state index contributed by atoms with van der Waals surface area (Å²) in [5.41, 5.74) is 0.640. The SMILES string of the molecule is O[C@]1(CNCc2csc3ccc(Cl)cc23)CCCNC1. The molecule has 1 fully saturated rings. The smallest absolute Gasteiger partial charge is 0.0895 e. The largest absolute Gasteiger partial charge is 0.387 e. The Morgan fingerprint density at radius 2 is 2.35 bits per heavy atom. The zero-order valence-electron chi connectivity index (χ0n) is 11.3. The average molecular weight is 311 g/mol. The normalized spacial score (nSPS) is 23.3. The molecule has 3 N–H and O–H groups in total. The molecular weight excluding hydrogens is 292 g/mol. The van der Waals surface area contributed by atoms with Gasteiger partial charge >= 0.3 is 0 Å². The Balaban J connectivity index is 1.63. The van der Waals surface area contributed by atoms with Crippen LogP contribution in [0.5, 0.6) is 0 Å². The Morgan fingerprint density at radius 3 is 3.15 bits per heavy atom. The molecule has 1 atom stereocenters. The number of hydrogen-bond donors (Lipinski definition) is 3. The van der Waals surface area contributed by atoms with Crippen LogP contribution in [0.15, 0.2) is 23.6 Å². The fourth-order valence-corrected chi connectivity index (χ4v) is 3.84. The molecule has 0 saturated carbocycles. The number of thiophene rings is 1. The molecule has 0 unspecified atom stereocenters. The molecule has 0 aliphatic carbocycles. The molecule has 1 aliphatic heterocycles. The molecule has 0 spiro atoms. The van der Waals surface area contributed by atoms with Crippen LogP contribution in [0, 0.1) is 0 Å². The first-order valence-electron chi connectivity index (χ1n) is 6.96. The van der Waals surface area contributed by atoms with Crippen LogP contribution in [0.25, 0.3) is 10.1 Å². The van der Waals surface area contributed by atoms with Crippen molar-refractivity contribution in [2.75, 3.05) is 19.6 Å². The van der Waals surface area contributed by atoms with Gasteiger partial charge in [0.1, 0.15) is 0 Å². The molecule has 5 heteroatoms. The van der Waals surface area contributed by atoms with Crippen molar-refractivity contribution < 1.29 is 5.11 Å². The van der Waals surface area contributed by atoms with Gasteiger partial charge < -0.3 is 15.7 Å². The summed E-state index contributed by atoms with van der Waals surface area (Å²) in [6.45, 7) is 3.08. The van der Waals surface area contributed by atoms with E-state index in [9.17, 15) is 5.11 Å². The monoisotopic (exact) mass is 310 g/mol. The van der Waals surface area contributed by atoms with Gasteiger partial charge in [-0.3, -0.25) is 0 Å². The second-order valence-corrected chi connectivity index (χ2v) is 6.86. The van der Waals surface area contributed by atoms with Gasteiger partial charge in [0.05, 0.1) is 5.60 Å². The van der Waals surface area contributed by atoms with Crippen molar-refractivity contribution in [2.24, 2.45) is 0 Å². The molecule has 108 valence electrons. The van der Waals surface area contributed by atoms with E-state index < -0.39 is 5.60 Å². The third-order valence-corrected chi connectivity index (χ3v) is 5.08. The molecule has 1 aliphatic rings. The first kappa shape index (κ1) is 14.3. The number of benzene rings is 1. The highest BCUT2D eigenvalue weighted by atomic mass is 35.5. The average Bonchev–Trinajstić information content (AvgIpc) is 2.82. The standard InChI is InChI=1S/C15H19ClN2OS/c16-12-2-3-14-13(6-12)11(8-20-14)7-18-10-15(19)4-1-5-17-9-15/h2-3,6,8,17-19H,1,4-5,7,9-10H2/t15-/m1/s1. The number of piperidine rings is 1. The highest BCUT2D eigenvalue weighted by Gasteiger charge is 2.28. The summed E-state index contributed by atoms with van der Waals surface area (Å²) in [6.07, 6.45) is 1.90. The van der Waals surface area contributed by atoms with Crippen LogP contribution in [-0.4, -0.2) is 30.3 Å². The molecule has 20 heavy (non-hydrogen) atoms. The Bertz CT molecular complexity index is 593. The third kappa shape index (κ3) is 3.15. The maximum absolute atomic E-state index is 10.4. The fraction of sp³-hybridized carbons (Fsp3) is 0.467. The number of halogens is 1. The van der Waals surface area contributed by atoms with Gasteiger partial charge in [-0.1, -0.05) is 11.6 Å². The van der Waals surface area contributed by atoms with E-state index in [2.05, 4.69) is 22.1 Å². The van der Waals surface area contributed by atoms with Gasteiger partial charge in [-0.2, -0.15) is 0 Å². The minimum atomic E-state index is -0.609. The molecule has 0 amide bonds. The number of β-amino-alcohol motifs (C(OH)–C–C–N with tert-alkyl or cyclic N) is 1. The summed E-state index contributed by atoms with van der Waals surface area (Å²) in [5.74, 6) is 0. The van der Waals surface area contributed by atoms with E-state index in [0.717, 1.165) is 31.0 Å². The Hall–Kier alpha value is -0.650. The number of rotatable bonds is 4. The van der Waals surface area contributed by atoms with Crippen molar-refractivity contribution in [3.8, 4) is 0 Å². The Labute approximate surface area is 127 Å². The zero-order chi connectivity index (χ0) is 14.0. The maximum atomic E-state index is 10.4. The number of hydrogen-bond acceptors (Lipinski definition) is 4. The molecule has 0 radical (unpaired) electrons. The lowest BCUT2D eigenvalue weighted by molar-refractivity contribution is 0.0169. The van der Waals surface area contributed by atoms with Crippen LogP contribution in [0.3, 0.4) is 0 Å². The van der Waals surface area contributed by atoms with E-state index in [1.807, 2.05) is 12.1 Å². The van der Waals surface area contributed by atoms with Gasteiger partial charge in [-0.15, -0.1) is 11.3 Å². The van der Waals surface area contributed by atoms with Crippen LogP contribution in [0.1, 0.15) is 18.4 Å². The highest BCUT2D eigenvalue weighted by Crippen LogP contribution is 2.28. The molecule has 3 rings (SSSR count). The van der Waals surface area contributed by atoms with E-state index in [1.165, 1.54) is 15.6 Å². The molecule has 3 nitrogen and oxygen atoms in total. The topological polar surface area (TPSA) is 44.3 Å². The first-order chi connectivity index (χ1) is 9.66. The zero-order valence-corrected chi connectivity index (χ0v) is 12.9. The van der Waals surface area contributed by atoms with E-state index in [-0.39, 0.29) is 0 Å². The number of fused-ring (bicyclic) bond motifs is 1. The number of aliphatic hydroxyl groups is 1. The summed E-state index contributed by atoms with van der Waals surface area (Å²) >= 11 is 7.80. The minimum absolute atomic E-state index is 0.609. The van der Waals surface area contributed by atoms with Gasteiger partial charge in [0.2, 0.25) is 0 Å². The lowest BCUT2D eigenvalue weighted by Crippen LogP contribution is -2.51. The maximum Gasteiger partial charge on any atom is 0.0895 e. The summed E-state index contributed by atoms with van der Waals surface area (Å²) in [4.78, 5) is 0. The summed E-state index contributed by atoms with van der Waals surface area (Å²) in [6, 6.07) is 6.00. The summed E-state index contributed by atoms with van der Waals surface area (Å²) < 4.78 is 1.25. The van der Waals surface area contributed by atoms with E-state index in [1.54, 1.807) is 11.3 Å². The minimum Gasteiger partial charge on any atom is -0.387 e. The highest BCUT2D eigenvalue weighted by molar-refractivity contribution is 7.17. The lowest BCUT2D eigenvalue weighted by atomic mass is 9.94. The van der Waals surface area contributed by atoms with Crippen LogP contribution >= 0.6 is 22.9 Å². The molecule has 1 aromatic carbocycles. The molecular formula is C15H19ClN2OS. The predicted octanol–water partition coefficient (Wildman–Crippen LogP) is 2.76. The quantitative estimate of drug-likeness (QED) is 0.813.